The third-order valence-electron chi connectivity index (χ3n) is 5.45. The number of urea groups is 1. The van der Waals surface area contributed by atoms with Crippen molar-refractivity contribution in [1.29, 1.82) is 0 Å². The normalized spacial score (nSPS) is 19.9. The molecule has 5 nitrogen and oxygen atoms in total. The van der Waals surface area contributed by atoms with Gasteiger partial charge < -0.3 is 15.0 Å². The van der Waals surface area contributed by atoms with Crippen molar-refractivity contribution in [2.24, 2.45) is 0 Å². The summed E-state index contributed by atoms with van der Waals surface area (Å²) in [7, 11) is 1.63. The Kier molecular flexibility index (Phi) is 4.80. The molecule has 136 valence electrons. The molecule has 1 atom stereocenters. The van der Waals surface area contributed by atoms with Gasteiger partial charge >= 0.3 is 6.03 Å². The second-order valence-electron chi connectivity index (χ2n) is 7.04. The van der Waals surface area contributed by atoms with Crippen LogP contribution in [-0.2, 0) is 13.0 Å². The summed E-state index contributed by atoms with van der Waals surface area (Å²) in [5, 5.41) is 2.99. The highest BCUT2D eigenvalue weighted by molar-refractivity contribution is 5.89. The van der Waals surface area contributed by atoms with Crippen molar-refractivity contribution >= 4 is 11.7 Å². The third-order valence-corrected chi connectivity index (χ3v) is 5.45. The van der Waals surface area contributed by atoms with Gasteiger partial charge in [-0.2, -0.15) is 0 Å². The number of nitrogens with zero attached hydrogens (tertiary/aromatic N) is 2. The summed E-state index contributed by atoms with van der Waals surface area (Å²) < 4.78 is 5.22. The number of ether oxygens (including phenoxy) is 1. The van der Waals surface area contributed by atoms with Gasteiger partial charge in [0.05, 0.1) is 7.11 Å². The van der Waals surface area contributed by atoms with Gasteiger partial charge in [-0.1, -0.05) is 30.3 Å². The Morgan fingerprint density at radius 1 is 1.12 bits per heavy atom. The second kappa shape index (κ2) is 7.38. The molecule has 1 unspecified atom stereocenters. The lowest BCUT2D eigenvalue weighted by Gasteiger charge is -2.33. The molecule has 2 aliphatic rings. The maximum atomic E-state index is 12.6. The fraction of sp³-hybridized carbons (Fsp3) is 0.381. The van der Waals surface area contributed by atoms with E-state index in [-0.39, 0.29) is 6.03 Å². The Bertz CT molecular complexity index is 792. The lowest BCUT2D eigenvalue weighted by molar-refractivity contribution is 0.177. The predicted octanol–water partition coefficient (Wildman–Crippen LogP) is 3.36. The zero-order valence-electron chi connectivity index (χ0n) is 15.1. The third kappa shape index (κ3) is 3.53. The zero-order valence-corrected chi connectivity index (χ0v) is 15.1. The van der Waals surface area contributed by atoms with Gasteiger partial charge in [-0.05, 0) is 36.1 Å². The van der Waals surface area contributed by atoms with Crippen molar-refractivity contribution in [3.63, 3.8) is 0 Å². The summed E-state index contributed by atoms with van der Waals surface area (Å²) in [4.78, 5) is 17.0. The molecular formula is C21H25N3O2. The Morgan fingerprint density at radius 2 is 1.96 bits per heavy atom. The summed E-state index contributed by atoms with van der Waals surface area (Å²) >= 11 is 0. The van der Waals surface area contributed by atoms with Crippen LogP contribution in [0.2, 0.25) is 0 Å². The van der Waals surface area contributed by atoms with Gasteiger partial charge in [-0.15, -0.1) is 0 Å². The molecule has 1 saturated heterocycles. The van der Waals surface area contributed by atoms with Gasteiger partial charge in [-0.3, -0.25) is 4.90 Å². The molecule has 0 spiro atoms. The van der Waals surface area contributed by atoms with Crippen LogP contribution in [0.15, 0.2) is 48.5 Å². The van der Waals surface area contributed by atoms with Gasteiger partial charge in [0.15, 0.2) is 0 Å². The van der Waals surface area contributed by atoms with Gasteiger partial charge in [-0.25, -0.2) is 4.79 Å². The number of carbonyl (C=O) groups excluding carboxylic acids is 1. The number of anilines is 1. The van der Waals surface area contributed by atoms with Crippen LogP contribution in [0.3, 0.4) is 0 Å². The molecule has 0 saturated carbocycles. The molecule has 4 rings (SSSR count). The minimum atomic E-state index is -0.0295. The predicted molar refractivity (Wildman–Crippen MR) is 103 cm³/mol. The van der Waals surface area contributed by atoms with Crippen LogP contribution < -0.4 is 10.1 Å². The first-order chi connectivity index (χ1) is 12.7. The number of hydrogen-bond acceptors (Lipinski definition) is 3. The van der Waals surface area contributed by atoms with Gasteiger partial charge in [0.2, 0.25) is 0 Å². The number of hydrogen-bond donors (Lipinski definition) is 1. The van der Waals surface area contributed by atoms with Crippen LogP contribution in [-0.4, -0.2) is 48.6 Å². The van der Waals surface area contributed by atoms with Crippen LogP contribution in [0.4, 0.5) is 10.5 Å². The number of fused-ring (bicyclic) bond motifs is 1. The van der Waals surface area contributed by atoms with Crippen LogP contribution in [0, 0.1) is 0 Å². The van der Waals surface area contributed by atoms with Crippen LogP contribution in [0.1, 0.15) is 17.5 Å². The molecule has 5 heteroatoms. The van der Waals surface area contributed by atoms with E-state index in [2.05, 4.69) is 34.5 Å². The molecule has 1 N–H and O–H groups in total. The fourth-order valence-corrected chi connectivity index (χ4v) is 3.96. The molecule has 1 fully saturated rings. The topological polar surface area (TPSA) is 44.8 Å². The molecule has 2 heterocycles. The van der Waals surface area contributed by atoms with E-state index in [1.807, 2.05) is 29.2 Å². The number of carbonyl (C=O) groups is 1. The molecular weight excluding hydrogens is 326 g/mol. The van der Waals surface area contributed by atoms with E-state index in [0.29, 0.717) is 6.04 Å². The molecule has 0 aliphatic carbocycles. The molecule has 2 aromatic rings. The summed E-state index contributed by atoms with van der Waals surface area (Å²) in [5.41, 5.74) is 3.66. The van der Waals surface area contributed by atoms with Crippen LogP contribution >= 0.6 is 0 Å². The van der Waals surface area contributed by atoms with E-state index in [1.165, 1.54) is 11.1 Å². The van der Waals surface area contributed by atoms with E-state index in [0.717, 1.165) is 50.5 Å². The smallest absolute Gasteiger partial charge is 0.321 e. The Labute approximate surface area is 154 Å². The Balaban J connectivity index is 1.35. The summed E-state index contributed by atoms with van der Waals surface area (Å²) in [6, 6.07) is 16.6. The van der Waals surface area contributed by atoms with Gasteiger partial charge in [0.25, 0.3) is 0 Å². The average Bonchev–Trinajstić information content (AvgIpc) is 3.18. The van der Waals surface area contributed by atoms with Crippen LogP contribution in [0.25, 0.3) is 0 Å². The van der Waals surface area contributed by atoms with Crippen molar-refractivity contribution in [2.75, 3.05) is 32.1 Å². The number of rotatable bonds is 3. The van der Waals surface area contributed by atoms with Crippen molar-refractivity contribution in [3.8, 4) is 5.75 Å². The second-order valence-corrected chi connectivity index (χ2v) is 7.04. The molecule has 0 aromatic heterocycles. The first-order valence-electron chi connectivity index (χ1n) is 9.24. The highest BCUT2D eigenvalue weighted by Gasteiger charge is 2.32. The van der Waals surface area contributed by atoms with Crippen molar-refractivity contribution in [3.05, 3.63) is 59.7 Å². The SMILES string of the molecule is COc1cccc(NC(=O)N2CCC(N3CCc4ccccc4C3)C2)c1. The average molecular weight is 351 g/mol. The quantitative estimate of drug-likeness (QED) is 0.922. The van der Waals surface area contributed by atoms with E-state index < -0.39 is 0 Å². The van der Waals surface area contributed by atoms with E-state index in [1.54, 1.807) is 7.11 Å². The number of likely N-dealkylation sites (tertiary alicyclic amines) is 1. The van der Waals surface area contributed by atoms with Gasteiger partial charge in [0, 0.05) is 44.0 Å². The number of nitrogens with one attached hydrogen (secondary N) is 1. The molecule has 0 bridgehead atoms. The van der Waals surface area contributed by atoms with Crippen molar-refractivity contribution in [2.45, 2.75) is 25.4 Å². The lowest BCUT2D eigenvalue weighted by atomic mass is 9.98. The Hall–Kier alpha value is -2.53. The minimum absolute atomic E-state index is 0.0295. The Morgan fingerprint density at radius 3 is 2.81 bits per heavy atom. The summed E-state index contributed by atoms with van der Waals surface area (Å²) in [6.45, 7) is 3.66. The highest BCUT2D eigenvalue weighted by atomic mass is 16.5. The van der Waals surface area contributed by atoms with Gasteiger partial charge in [0.1, 0.15) is 5.75 Å². The largest absolute Gasteiger partial charge is 0.497 e. The monoisotopic (exact) mass is 351 g/mol. The fourth-order valence-electron chi connectivity index (χ4n) is 3.96. The number of benzene rings is 2. The molecule has 2 aliphatic heterocycles. The van der Waals surface area contributed by atoms with E-state index in [4.69, 9.17) is 4.74 Å². The molecule has 26 heavy (non-hydrogen) atoms. The maximum absolute atomic E-state index is 12.6. The molecule has 2 amide bonds. The maximum Gasteiger partial charge on any atom is 0.321 e. The van der Waals surface area contributed by atoms with Crippen LogP contribution in [0.5, 0.6) is 5.75 Å². The first kappa shape index (κ1) is 16.9. The van der Waals surface area contributed by atoms with E-state index in [9.17, 15) is 4.79 Å². The lowest BCUT2D eigenvalue weighted by Crippen LogP contribution is -2.42. The standard InChI is InChI=1S/C21H25N3O2/c1-26-20-8-4-7-18(13-20)22-21(25)24-12-10-19(15-24)23-11-9-16-5-2-3-6-17(16)14-23/h2-8,13,19H,9-12,14-15H2,1H3,(H,22,25). The number of amides is 2. The molecule has 2 aromatic carbocycles. The molecule has 0 radical (unpaired) electrons. The minimum Gasteiger partial charge on any atom is -0.497 e. The highest BCUT2D eigenvalue weighted by Crippen LogP contribution is 2.25. The van der Waals surface area contributed by atoms with E-state index >= 15 is 0 Å². The zero-order chi connectivity index (χ0) is 17.9. The van der Waals surface area contributed by atoms with Crippen molar-refractivity contribution < 1.29 is 9.53 Å². The summed E-state index contributed by atoms with van der Waals surface area (Å²) in [6.07, 6.45) is 2.14. The summed E-state index contributed by atoms with van der Waals surface area (Å²) in [5.74, 6) is 0.745. The number of methoxy groups -OCH3 is 1. The first-order valence-corrected chi connectivity index (χ1v) is 9.24. The van der Waals surface area contributed by atoms with Crippen molar-refractivity contribution in [1.82, 2.24) is 9.80 Å².